The van der Waals surface area contributed by atoms with Crippen molar-refractivity contribution in [2.45, 2.75) is 264 Å². The molecule has 37 nitrogen and oxygen atoms in total. The lowest BCUT2D eigenvalue weighted by atomic mass is 9.99. The molecule has 0 radical (unpaired) electrons. The van der Waals surface area contributed by atoms with Crippen molar-refractivity contribution in [3.05, 3.63) is 0 Å². The van der Waals surface area contributed by atoms with Crippen LogP contribution in [0.1, 0.15) is 161 Å². The molecule has 0 aliphatic carbocycles. The van der Waals surface area contributed by atoms with E-state index in [0.29, 0.717) is 70.9 Å². The van der Waals surface area contributed by atoms with E-state index in [-0.39, 0.29) is 197 Å². The second-order valence-electron chi connectivity index (χ2n) is 27.2. The van der Waals surface area contributed by atoms with Gasteiger partial charge in [-0.25, -0.2) is 0 Å². The van der Waals surface area contributed by atoms with Gasteiger partial charge in [0.05, 0.1) is 72.6 Å². The molecular formula is C69H123N7O30. The lowest BCUT2D eigenvalue weighted by Crippen LogP contribution is -2.60. The maximum absolute atomic E-state index is 13.8. The largest absolute Gasteiger partial charge is 0.481 e. The minimum absolute atomic E-state index is 0.00950. The minimum Gasteiger partial charge on any atom is -0.481 e. The van der Waals surface area contributed by atoms with Crippen LogP contribution in [-0.2, 0) is 85.7 Å². The van der Waals surface area contributed by atoms with Gasteiger partial charge in [0.25, 0.3) is 0 Å². The van der Waals surface area contributed by atoms with Crippen molar-refractivity contribution in [3.8, 4) is 0 Å². The highest BCUT2D eigenvalue weighted by Gasteiger charge is 2.48. The Balaban J connectivity index is 1.35. The number of ketones is 2. The van der Waals surface area contributed by atoms with Gasteiger partial charge in [0, 0.05) is 90.8 Å². The Morgan fingerprint density at radius 2 is 1.01 bits per heavy atom. The molecule has 4 aliphatic rings. The van der Waals surface area contributed by atoms with Gasteiger partial charge in [-0.05, 0) is 83.7 Å². The number of carbonyl (C=O) groups excluding carboxylic acids is 7. The van der Waals surface area contributed by atoms with Gasteiger partial charge in [-0.3, -0.25) is 38.4 Å². The summed E-state index contributed by atoms with van der Waals surface area (Å²) in [7, 11) is 0. The Labute approximate surface area is 618 Å². The number of carboxylic acid groups (broad SMARTS) is 1. The van der Waals surface area contributed by atoms with Crippen LogP contribution >= 0.6 is 0 Å². The predicted molar refractivity (Wildman–Crippen MR) is 371 cm³/mol. The van der Waals surface area contributed by atoms with E-state index in [0.717, 1.165) is 38.5 Å². The van der Waals surface area contributed by atoms with Crippen LogP contribution in [0.2, 0.25) is 0 Å². The minimum atomic E-state index is -1.81. The van der Waals surface area contributed by atoms with Crippen LogP contribution in [0.25, 0.3) is 0 Å². The molecule has 4 aliphatic heterocycles. The molecule has 4 rings (SSSR count). The first-order chi connectivity index (χ1) is 51.0. The van der Waals surface area contributed by atoms with Crippen LogP contribution in [0.5, 0.6) is 0 Å². The maximum atomic E-state index is 13.8. The normalized spacial score (nSPS) is 31.0. The second kappa shape index (κ2) is 54.8. The second-order valence-corrected chi connectivity index (χ2v) is 27.2. The maximum Gasteiger partial charge on any atom is 0.303 e. The summed E-state index contributed by atoms with van der Waals surface area (Å²) in [5.74, 6) is -2.79. The molecule has 2 bridgehead atoms. The molecule has 4 heterocycles. The van der Waals surface area contributed by atoms with E-state index < -0.39 is 130 Å². The molecule has 37 heteroatoms. The molecule has 19 N–H and O–H groups in total. The fraction of sp³-hybridized carbons (Fsp3) is 0.884. The number of rotatable bonds is 31. The van der Waals surface area contributed by atoms with Gasteiger partial charge in [0.2, 0.25) is 29.5 Å². The molecule has 4 fully saturated rings. The highest BCUT2D eigenvalue weighted by molar-refractivity contribution is 5.81. The van der Waals surface area contributed by atoms with E-state index in [2.05, 4.69) is 37.2 Å². The lowest BCUT2D eigenvalue weighted by molar-refractivity contribution is -0.347. The van der Waals surface area contributed by atoms with Crippen LogP contribution < -0.4 is 37.2 Å². The van der Waals surface area contributed by atoms with Crippen molar-refractivity contribution < 1.29 is 147 Å². The number of ether oxygens (including phenoxy) is 10. The van der Waals surface area contributed by atoms with Crippen molar-refractivity contribution >= 4 is 47.1 Å². The first-order valence-electron chi connectivity index (χ1n) is 37.6. The molecule has 10 unspecified atom stereocenters. The highest BCUT2D eigenvalue weighted by atomic mass is 16.8. The van der Waals surface area contributed by atoms with Crippen molar-refractivity contribution in [2.24, 2.45) is 0 Å². The third-order valence-electron chi connectivity index (χ3n) is 18.1. The number of hydrogen-bond donors (Lipinski definition) is 19. The summed E-state index contributed by atoms with van der Waals surface area (Å²) >= 11 is 0. The number of aliphatic hydroxyl groups is 11. The zero-order valence-electron chi connectivity index (χ0n) is 61.1. The molecule has 106 heavy (non-hydrogen) atoms. The van der Waals surface area contributed by atoms with Crippen molar-refractivity contribution in [1.82, 2.24) is 37.2 Å². The molecule has 17 atom stereocenters. The molecular weight excluding hydrogens is 1410 g/mol. The van der Waals surface area contributed by atoms with E-state index in [1.807, 2.05) is 0 Å². The highest BCUT2D eigenvalue weighted by Crippen LogP contribution is 2.28. The number of fused-ring (bicyclic) bond motifs is 2. The Hall–Kier alpha value is -4.76. The van der Waals surface area contributed by atoms with Crippen LogP contribution in [0, 0.1) is 0 Å². The first kappa shape index (κ1) is 93.6. The third kappa shape index (κ3) is 38.2. The zero-order chi connectivity index (χ0) is 77.5. The van der Waals surface area contributed by atoms with E-state index >= 15 is 0 Å². The quantitative estimate of drug-likeness (QED) is 0.0290. The van der Waals surface area contributed by atoms with Crippen molar-refractivity contribution in [2.75, 3.05) is 125 Å². The summed E-state index contributed by atoms with van der Waals surface area (Å²) < 4.78 is 57.9. The number of nitrogens with one attached hydrogen (secondary N) is 7. The number of amides is 5. The zero-order valence-corrected chi connectivity index (χ0v) is 61.1. The van der Waals surface area contributed by atoms with E-state index in [1.54, 1.807) is 0 Å². The van der Waals surface area contributed by atoms with Crippen LogP contribution in [-0.4, -0.2) is 337 Å². The fourth-order valence-corrected chi connectivity index (χ4v) is 11.7. The van der Waals surface area contributed by atoms with Gasteiger partial charge >= 0.3 is 5.97 Å². The summed E-state index contributed by atoms with van der Waals surface area (Å²) in [6.45, 7) is -1.03. The lowest BCUT2D eigenvalue weighted by Gasteiger charge is -2.42. The summed E-state index contributed by atoms with van der Waals surface area (Å²) in [6, 6.07) is 0. The van der Waals surface area contributed by atoms with Crippen molar-refractivity contribution in [3.63, 3.8) is 0 Å². The standard InChI is InChI=1S/C69H123N7O30/c77-39-47-57(88)60(91)63(94)66(103-47)100-33-12-10-19-50(81)72-30-16-31-75-53(84)25-36-99-44-69(76-54(85)20-7-5-3-1-2-4-6-8-21-55(86)87)42-97-34-23-51(82)73-28-14-26-70-37-45(79)17-9-11-32-101-67-64(95)62(93)59(90)49(105-67)41-102-56(106-68-65(96)61(92)58(89)48(40-78)104-68)22-13-18-46(80)38-71-27-15-29-74-52(83)24-35-98-43-69/h47-49,56-68,70-71,77-78,88-96H,1-44H2,(H,72,81)(H,73,82)(H,74,83)(H,75,84)(H,76,85)(H,86,87)/t47?,48?,49?,56?,57-,58-,59-,60?,61?,62?,63?,64?,65-,66+,67+,68-,69?/m1/s1. The number of unbranched alkanes of at least 4 members (excludes halogenated alkanes) is 8. The topological polar surface area (TPSA) is 556 Å². The van der Waals surface area contributed by atoms with Crippen LogP contribution in [0.15, 0.2) is 0 Å². The molecule has 0 spiro atoms. The molecule has 614 valence electrons. The average Bonchev–Trinajstić information content (AvgIpc) is 0.824. The Kier molecular flexibility index (Phi) is 48.4. The summed E-state index contributed by atoms with van der Waals surface area (Å²) in [6.07, 6.45) is -14.8. The van der Waals surface area contributed by atoms with Gasteiger partial charge in [-0.2, -0.15) is 0 Å². The average molecular weight is 1530 g/mol. The number of carboxylic acids is 1. The summed E-state index contributed by atoms with van der Waals surface area (Å²) in [5, 5.41) is 142. The SMILES string of the molecule is O=C(O)CCCCCCCCCCC(=O)NC1(COCCC(=O)NCCCNC(=O)CCCCO[C@H]2OC(CO)[C@@H](O)C(O)C2O)COCCC(=O)NCCCNCC(=O)CCCCO[C@H]2OC(COC(O[C@H]3OC(CO)[C@@H](O)C(O)[C@H]3O)CCCC(=O)CNCCCNC(=O)CCOC1)[C@@H](O)C(O)C2O. The van der Waals surface area contributed by atoms with Crippen molar-refractivity contribution in [1.29, 1.82) is 0 Å². The van der Waals surface area contributed by atoms with Gasteiger partial charge in [-0.15, -0.1) is 0 Å². The van der Waals surface area contributed by atoms with E-state index in [9.17, 15) is 94.5 Å². The van der Waals surface area contributed by atoms with Crippen LogP contribution in [0.3, 0.4) is 0 Å². The number of aliphatic hydroxyl groups excluding tert-OH is 11. The van der Waals surface area contributed by atoms with Gasteiger partial charge in [0.15, 0.2) is 25.2 Å². The van der Waals surface area contributed by atoms with E-state index in [4.69, 9.17) is 52.5 Å². The molecule has 0 saturated carbocycles. The molecule has 0 aromatic carbocycles. The van der Waals surface area contributed by atoms with Gasteiger partial charge in [-0.1, -0.05) is 38.5 Å². The molecule has 0 aromatic rings. The molecule has 0 aromatic heterocycles. The molecule has 4 saturated heterocycles. The number of carbonyl (C=O) groups is 8. The first-order valence-corrected chi connectivity index (χ1v) is 37.6. The summed E-state index contributed by atoms with van der Waals surface area (Å²) in [4.78, 5) is 102. The summed E-state index contributed by atoms with van der Waals surface area (Å²) in [5.41, 5.74) is -1.39. The monoisotopic (exact) mass is 1530 g/mol. The Morgan fingerprint density at radius 1 is 0.491 bits per heavy atom. The van der Waals surface area contributed by atoms with E-state index in [1.165, 1.54) is 0 Å². The Morgan fingerprint density at radius 3 is 1.59 bits per heavy atom. The third-order valence-corrected chi connectivity index (χ3v) is 18.1. The number of aliphatic carboxylic acids is 1. The van der Waals surface area contributed by atoms with Gasteiger partial charge in [0.1, 0.15) is 90.4 Å². The van der Waals surface area contributed by atoms with Crippen LogP contribution in [0.4, 0.5) is 0 Å². The smallest absolute Gasteiger partial charge is 0.303 e. The fourth-order valence-electron chi connectivity index (χ4n) is 11.7. The van der Waals surface area contributed by atoms with Gasteiger partial charge < -0.3 is 146 Å². The Bertz CT molecular complexity index is 2480. The number of hydrogen-bond acceptors (Lipinski definition) is 31. The molecule has 5 amide bonds. The number of Topliss-reactive ketones (excluding diaryl/α,β-unsaturated/α-hetero) is 2. The predicted octanol–water partition coefficient (Wildman–Crippen LogP) is -4.68.